The van der Waals surface area contributed by atoms with Crippen molar-refractivity contribution >= 4 is 38.9 Å². The highest BCUT2D eigenvalue weighted by Gasteiger charge is 2.28. The van der Waals surface area contributed by atoms with E-state index in [-0.39, 0.29) is 16.1 Å². The van der Waals surface area contributed by atoms with Crippen LogP contribution in [-0.4, -0.2) is 38.7 Å². The van der Waals surface area contributed by atoms with Gasteiger partial charge in [0.25, 0.3) is 5.91 Å². The largest absolute Gasteiger partial charge is 0.405 e. The Morgan fingerprint density at radius 1 is 1.04 bits per heavy atom. The molecule has 0 radical (unpaired) electrons. The first-order valence-electron chi connectivity index (χ1n) is 7.69. The Bertz CT molecular complexity index is 977. The molecule has 0 saturated carbocycles. The van der Waals surface area contributed by atoms with Gasteiger partial charge in [-0.05, 0) is 42.5 Å². The minimum absolute atomic E-state index is 0.0657. The van der Waals surface area contributed by atoms with E-state index in [2.05, 4.69) is 5.32 Å². The van der Waals surface area contributed by atoms with Crippen LogP contribution in [0, 0.1) is 0 Å². The van der Waals surface area contributed by atoms with Crippen molar-refractivity contribution in [2.75, 3.05) is 17.6 Å². The van der Waals surface area contributed by atoms with Crippen LogP contribution >= 0.6 is 11.6 Å². The molecule has 2 aromatic carbocycles. The summed E-state index contributed by atoms with van der Waals surface area (Å²) < 4.78 is 60.9. The van der Waals surface area contributed by atoms with Gasteiger partial charge in [-0.2, -0.15) is 13.2 Å². The lowest BCUT2D eigenvalue weighted by Crippen LogP contribution is -2.33. The highest BCUT2D eigenvalue weighted by atomic mass is 35.5. The van der Waals surface area contributed by atoms with Gasteiger partial charge in [-0.3, -0.25) is 9.59 Å². The molecule has 0 unspecified atom stereocenters. The Labute approximate surface area is 163 Å². The predicted molar refractivity (Wildman–Crippen MR) is 97.0 cm³/mol. The van der Waals surface area contributed by atoms with E-state index in [1.165, 1.54) is 42.5 Å². The van der Waals surface area contributed by atoms with E-state index in [4.69, 9.17) is 11.6 Å². The minimum Gasteiger partial charge on any atom is -0.343 e. The molecule has 2 N–H and O–H groups in total. The molecule has 2 rings (SSSR count). The highest BCUT2D eigenvalue weighted by Crippen LogP contribution is 2.17. The second-order valence-corrected chi connectivity index (χ2v) is 8.07. The van der Waals surface area contributed by atoms with Crippen LogP contribution in [0.3, 0.4) is 0 Å². The average molecular weight is 435 g/mol. The van der Waals surface area contributed by atoms with Gasteiger partial charge in [0.2, 0.25) is 5.91 Å². The average Bonchev–Trinajstić information content (AvgIpc) is 2.59. The number of amides is 2. The van der Waals surface area contributed by atoms with E-state index < -0.39 is 40.1 Å². The van der Waals surface area contributed by atoms with Crippen molar-refractivity contribution in [2.24, 2.45) is 0 Å². The summed E-state index contributed by atoms with van der Waals surface area (Å²) in [6.07, 6.45) is -4.56. The zero-order valence-electron chi connectivity index (χ0n) is 14.1. The van der Waals surface area contributed by atoms with Gasteiger partial charge in [-0.15, -0.1) is 0 Å². The number of alkyl halides is 3. The maximum Gasteiger partial charge on any atom is 0.405 e. The molecule has 150 valence electrons. The molecule has 0 aromatic heterocycles. The van der Waals surface area contributed by atoms with Crippen molar-refractivity contribution in [1.82, 2.24) is 5.32 Å². The Hall–Kier alpha value is -2.59. The van der Waals surface area contributed by atoms with Gasteiger partial charge in [0, 0.05) is 16.3 Å². The molecule has 0 spiro atoms. The summed E-state index contributed by atoms with van der Waals surface area (Å²) in [5.74, 6) is -2.72. The summed E-state index contributed by atoms with van der Waals surface area (Å²) >= 11 is 5.69. The molecule has 0 aliphatic heterocycles. The number of sulfone groups is 1. The monoisotopic (exact) mass is 434 g/mol. The Morgan fingerprint density at radius 3 is 2.29 bits per heavy atom. The summed E-state index contributed by atoms with van der Waals surface area (Å²) in [6.45, 7) is -1.50. The zero-order valence-corrected chi connectivity index (χ0v) is 15.7. The summed E-state index contributed by atoms with van der Waals surface area (Å²) in [6, 6.07) is 10.4. The number of benzene rings is 2. The fraction of sp³-hybridized carbons (Fsp3) is 0.176. The smallest absolute Gasteiger partial charge is 0.343 e. The number of anilines is 1. The fourth-order valence-corrected chi connectivity index (χ4v) is 3.38. The molecule has 6 nitrogen and oxygen atoms in total. The maximum atomic E-state index is 12.2. The second-order valence-electron chi connectivity index (χ2n) is 5.64. The topological polar surface area (TPSA) is 92.3 Å². The van der Waals surface area contributed by atoms with E-state index in [0.29, 0.717) is 5.02 Å². The van der Waals surface area contributed by atoms with Crippen LogP contribution in [0.2, 0.25) is 5.02 Å². The molecule has 0 aliphatic carbocycles. The lowest BCUT2D eigenvalue weighted by molar-refractivity contribution is -0.123. The van der Waals surface area contributed by atoms with Gasteiger partial charge in [-0.1, -0.05) is 17.7 Å². The van der Waals surface area contributed by atoms with Crippen molar-refractivity contribution in [3.05, 3.63) is 59.1 Å². The molecular weight excluding hydrogens is 421 g/mol. The van der Waals surface area contributed by atoms with Gasteiger partial charge in [0.05, 0.1) is 4.90 Å². The van der Waals surface area contributed by atoms with Crippen LogP contribution in [0.1, 0.15) is 10.4 Å². The van der Waals surface area contributed by atoms with Gasteiger partial charge in [0.15, 0.2) is 9.84 Å². The number of halogens is 4. The summed E-state index contributed by atoms with van der Waals surface area (Å²) in [5, 5.41) is 4.34. The number of hydrogen-bond donors (Lipinski definition) is 2. The van der Waals surface area contributed by atoms with Crippen molar-refractivity contribution in [3.8, 4) is 0 Å². The van der Waals surface area contributed by atoms with E-state index in [1.54, 1.807) is 5.32 Å². The first kappa shape index (κ1) is 21.7. The van der Waals surface area contributed by atoms with Crippen LogP contribution in [0.15, 0.2) is 53.4 Å². The number of hydrogen-bond acceptors (Lipinski definition) is 4. The molecule has 2 aromatic rings. The third-order valence-corrected chi connectivity index (χ3v) is 5.24. The zero-order chi connectivity index (χ0) is 20.9. The molecular formula is C17H14ClF3N2O4S. The maximum absolute atomic E-state index is 12.2. The fourth-order valence-electron chi connectivity index (χ4n) is 2.12. The lowest BCUT2D eigenvalue weighted by Gasteiger charge is -2.10. The van der Waals surface area contributed by atoms with Crippen molar-refractivity contribution < 1.29 is 31.2 Å². The van der Waals surface area contributed by atoms with Gasteiger partial charge in [-0.25, -0.2) is 8.42 Å². The van der Waals surface area contributed by atoms with E-state index in [1.807, 2.05) is 0 Å². The second kappa shape index (κ2) is 8.61. The predicted octanol–water partition coefficient (Wildman–Crippen LogP) is 3.04. The normalized spacial score (nSPS) is 11.7. The number of carbonyl (C=O) groups excluding carboxylic acids is 2. The molecule has 11 heteroatoms. The molecule has 0 atom stereocenters. The first-order valence-corrected chi connectivity index (χ1v) is 9.72. The van der Waals surface area contributed by atoms with Gasteiger partial charge >= 0.3 is 6.18 Å². The summed E-state index contributed by atoms with van der Waals surface area (Å²) in [7, 11) is -3.92. The van der Waals surface area contributed by atoms with Crippen molar-refractivity contribution in [3.63, 3.8) is 0 Å². The Morgan fingerprint density at radius 2 is 1.68 bits per heavy atom. The van der Waals surface area contributed by atoms with Crippen molar-refractivity contribution in [2.45, 2.75) is 11.1 Å². The summed E-state index contributed by atoms with van der Waals surface area (Å²) in [4.78, 5) is 23.7. The third-order valence-electron chi connectivity index (χ3n) is 3.35. The van der Waals surface area contributed by atoms with Crippen LogP contribution in [0.4, 0.5) is 18.9 Å². The van der Waals surface area contributed by atoms with Gasteiger partial charge < -0.3 is 10.6 Å². The van der Waals surface area contributed by atoms with E-state index >= 15 is 0 Å². The first-order chi connectivity index (χ1) is 13.0. The molecule has 0 bridgehead atoms. The molecule has 28 heavy (non-hydrogen) atoms. The molecule has 0 heterocycles. The Balaban J connectivity index is 2.04. The quantitative estimate of drug-likeness (QED) is 0.731. The van der Waals surface area contributed by atoms with Gasteiger partial charge in [0.1, 0.15) is 12.3 Å². The SMILES string of the molecule is O=C(CS(=O)(=O)c1ccc(Cl)cc1)Nc1cccc(C(=O)NCC(F)(F)F)c1. The molecule has 0 aliphatic rings. The van der Waals surface area contributed by atoms with Crippen LogP contribution in [0.5, 0.6) is 0 Å². The highest BCUT2D eigenvalue weighted by molar-refractivity contribution is 7.92. The van der Waals surface area contributed by atoms with Crippen molar-refractivity contribution in [1.29, 1.82) is 0 Å². The van der Waals surface area contributed by atoms with E-state index in [0.717, 1.165) is 6.07 Å². The molecule has 0 saturated heterocycles. The minimum atomic E-state index is -4.56. The van der Waals surface area contributed by atoms with Crippen LogP contribution < -0.4 is 10.6 Å². The standard InChI is InChI=1S/C17H14ClF3N2O4S/c18-12-4-6-14(7-5-12)28(26,27)9-15(24)23-13-3-1-2-11(8-13)16(25)22-10-17(19,20)21/h1-8H,9-10H2,(H,22,25)(H,23,24). The molecule has 2 amide bonds. The number of carbonyl (C=O) groups is 2. The lowest BCUT2D eigenvalue weighted by atomic mass is 10.2. The van der Waals surface area contributed by atoms with E-state index in [9.17, 15) is 31.2 Å². The van der Waals surface area contributed by atoms with Crippen LogP contribution in [0.25, 0.3) is 0 Å². The number of nitrogens with one attached hydrogen (secondary N) is 2. The van der Waals surface area contributed by atoms with Crippen LogP contribution in [-0.2, 0) is 14.6 Å². The summed E-state index contributed by atoms with van der Waals surface area (Å²) in [5.41, 5.74) is -0.0569. The number of rotatable bonds is 6. The molecule has 0 fully saturated rings. The Kier molecular flexibility index (Phi) is 6.68. The third kappa shape index (κ3) is 6.54.